The maximum atomic E-state index is 13.8. The number of ether oxygens (including phenoxy) is 1. The van der Waals surface area contributed by atoms with Crippen molar-refractivity contribution in [1.29, 1.82) is 5.26 Å². The second-order valence-electron chi connectivity index (χ2n) is 6.73. The van der Waals surface area contributed by atoms with Crippen LogP contribution in [-0.2, 0) is 11.4 Å². The molecule has 5 nitrogen and oxygen atoms in total. The molecule has 0 aliphatic carbocycles. The number of hydrogen-bond donors (Lipinski definition) is 2. The molecule has 1 heterocycles. The lowest BCUT2D eigenvalue weighted by Crippen LogP contribution is -2.31. The summed E-state index contributed by atoms with van der Waals surface area (Å²) in [4.78, 5) is 12.8. The summed E-state index contributed by atoms with van der Waals surface area (Å²) < 4.78 is 19.6. The first-order valence-corrected chi connectivity index (χ1v) is 10.4. The highest BCUT2D eigenvalue weighted by Gasteiger charge is 2.27. The molecule has 4 rings (SSSR count). The van der Waals surface area contributed by atoms with Gasteiger partial charge in [-0.3, -0.25) is 4.79 Å². The first-order valence-electron chi connectivity index (χ1n) is 9.53. The van der Waals surface area contributed by atoms with E-state index in [0.717, 1.165) is 11.1 Å². The van der Waals surface area contributed by atoms with E-state index in [1.807, 2.05) is 42.5 Å². The van der Waals surface area contributed by atoms with E-state index in [2.05, 4.69) is 16.7 Å². The van der Waals surface area contributed by atoms with Gasteiger partial charge in [-0.15, -0.1) is 0 Å². The predicted molar refractivity (Wildman–Crippen MR) is 119 cm³/mol. The van der Waals surface area contributed by atoms with Gasteiger partial charge in [-0.05, 0) is 42.0 Å². The molecular formula is C24H18FN3O2S. The minimum atomic E-state index is -0.446. The lowest BCUT2D eigenvalue weighted by molar-refractivity contribution is -0.116. The topological polar surface area (TPSA) is 74.2 Å². The number of para-hydroxylation sites is 1. The number of benzene rings is 3. The summed E-state index contributed by atoms with van der Waals surface area (Å²) in [5.41, 5.74) is 2.14. The Balaban J connectivity index is 1.38. The molecule has 7 heteroatoms. The van der Waals surface area contributed by atoms with Gasteiger partial charge >= 0.3 is 0 Å². The van der Waals surface area contributed by atoms with E-state index in [4.69, 9.17) is 10.00 Å². The van der Waals surface area contributed by atoms with Crippen LogP contribution < -0.4 is 15.4 Å². The second kappa shape index (κ2) is 9.37. The molecule has 1 aliphatic rings. The first-order chi connectivity index (χ1) is 15.1. The summed E-state index contributed by atoms with van der Waals surface area (Å²) in [7, 11) is 0. The Labute approximate surface area is 183 Å². The second-order valence-corrected chi connectivity index (χ2v) is 7.88. The SMILES string of the molecule is N#Cc1ccccc1COc1ccc(/C=C2\SC(Nc3ccccc3F)NC2=O)cc1. The van der Waals surface area contributed by atoms with E-state index < -0.39 is 5.50 Å². The van der Waals surface area contributed by atoms with E-state index in [0.29, 0.717) is 28.5 Å². The van der Waals surface area contributed by atoms with E-state index in [1.54, 1.807) is 30.3 Å². The molecule has 0 bridgehead atoms. The maximum Gasteiger partial charge on any atom is 0.260 e. The highest BCUT2D eigenvalue weighted by molar-refractivity contribution is 8.05. The molecule has 0 aromatic heterocycles. The Morgan fingerprint density at radius 3 is 2.61 bits per heavy atom. The number of rotatable bonds is 6. The van der Waals surface area contributed by atoms with Crippen molar-refractivity contribution in [1.82, 2.24) is 5.32 Å². The van der Waals surface area contributed by atoms with Crippen molar-refractivity contribution < 1.29 is 13.9 Å². The number of nitriles is 1. The fraction of sp³-hybridized carbons (Fsp3) is 0.0833. The third-order valence-corrected chi connectivity index (χ3v) is 5.63. The number of nitrogens with one attached hydrogen (secondary N) is 2. The van der Waals surface area contributed by atoms with Crippen LogP contribution in [0.5, 0.6) is 5.75 Å². The summed E-state index contributed by atoms with van der Waals surface area (Å²) in [6, 6.07) is 23.1. The summed E-state index contributed by atoms with van der Waals surface area (Å²) in [5, 5.41) is 14.9. The highest BCUT2D eigenvalue weighted by atomic mass is 32.2. The van der Waals surface area contributed by atoms with Gasteiger partial charge in [0.05, 0.1) is 22.2 Å². The lowest BCUT2D eigenvalue weighted by atomic mass is 10.1. The molecule has 0 radical (unpaired) electrons. The number of carbonyl (C=O) groups excluding carboxylic acids is 1. The highest BCUT2D eigenvalue weighted by Crippen LogP contribution is 2.31. The molecule has 1 atom stereocenters. The van der Waals surface area contributed by atoms with Crippen molar-refractivity contribution in [2.24, 2.45) is 0 Å². The Hall–Kier alpha value is -3.76. The van der Waals surface area contributed by atoms with E-state index in [9.17, 15) is 9.18 Å². The van der Waals surface area contributed by atoms with Crippen LogP contribution in [0.4, 0.5) is 10.1 Å². The minimum Gasteiger partial charge on any atom is -0.489 e. The van der Waals surface area contributed by atoms with Gasteiger partial charge in [0.25, 0.3) is 5.91 Å². The lowest BCUT2D eigenvalue weighted by Gasteiger charge is -2.12. The molecule has 1 amide bonds. The Morgan fingerprint density at radius 1 is 1.10 bits per heavy atom. The van der Waals surface area contributed by atoms with Gasteiger partial charge < -0.3 is 15.4 Å². The molecule has 1 saturated heterocycles. The van der Waals surface area contributed by atoms with E-state index in [1.165, 1.54) is 17.8 Å². The number of amides is 1. The van der Waals surface area contributed by atoms with Crippen LogP contribution in [0.25, 0.3) is 6.08 Å². The standard InChI is InChI=1S/C24H18FN3O2S/c25-20-7-3-4-8-21(20)27-24-28-23(29)22(31-24)13-16-9-11-19(12-10-16)30-15-18-6-2-1-5-17(18)14-26/h1-13,24,27H,15H2,(H,28,29)/b22-13-. The monoisotopic (exact) mass is 431 g/mol. The van der Waals surface area contributed by atoms with Gasteiger partial charge in [0.1, 0.15) is 18.2 Å². The van der Waals surface area contributed by atoms with Crippen molar-refractivity contribution in [3.8, 4) is 11.8 Å². The summed E-state index contributed by atoms with van der Waals surface area (Å²) in [5.74, 6) is 0.0764. The zero-order valence-corrected chi connectivity index (χ0v) is 17.2. The number of thioether (sulfide) groups is 1. The van der Waals surface area contributed by atoms with Gasteiger partial charge in [-0.2, -0.15) is 5.26 Å². The number of hydrogen-bond acceptors (Lipinski definition) is 5. The number of nitrogens with zero attached hydrogens (tertiary/aromatic N) is 1. The molecule has 3 aromatic carbocycles. The normalized spacial score (nSPS) is 16.6. The molecule has 154 valence electrons. The quantitative estimate of drug-likeness (QED) is 0.545. The molecule has 0 spiro atoms. The summed E-state index contributed by atoms with van der Waals surface area (Å²) in [6.07, 6.45) is 1.78. The fourth-order valence-corrected chi connectivity index (χ4v) is 3.99. The molecule has 1 unspecified atom stereocenters. The van der Waals surface area contributed by atoms with Crippen LogP contribution in [0.2, 0.25) is 0 Å². The van der Waals surface area contributed by atoms with E-state index in [-0.39, 0.29) is 11.7 Å². The third kappa shape index (κ3) is 5.05. The Morgan fingerprint density at radius 2 is 1.84 bits per heavy atom. The van der Waals surface area contributed by atoms with Crippen LogP contribution >= 0.6 is 11.8 Å². The van der Waals surface area contributed by atoms with Crippen LogP contribution in [0, 0.1) is 17.1 Å². The van der Waals surface area contributed by atoms with Gasteiger partial charge in [0.2, 0.25) is 0 Å². The smallest absolute Gasteiger partial charge is 0.260 e. The molecule has 0 saturated carbocycles. The van der Waals surface area contributed by atoms with Crippen LogP contribution in [0.1, 0.15) is 16.7 Å². The molecular weight excluding hydrogens is 413 g/mol. The molecule has 1 aliphatic heterocycles. The Bertz CT molecular complexity index is 1170. The van der Waals surface area contributed by atoms with Crippen molar-refractivity contribution in [2.45, 2.75) is 12.1 Å². The molecule has 3 aromatic rings. The molecule has 1 fully saturated rings. The van der Waals surface area contributed by atoms with E-state index >= 15 is 0 Å². The van der Waals surface area contributed by atoms with Crippen molar-refractivity contribution in [3.05, 3.63) is 100 Å². The Kier molecular flexibility index (Phi) is 6.20. The predicted octanol–water partition coefficient (Wildman–Crippen LogP) is 4.88. The fourth-order valence-electron chi connectivity index (χ4n) is 3.01. The number of anilines is 1. The maximum absolute atomic E-state index is 13.8. The van der Waals surface area contributed by atoms with Crippen molar-refractivity contribution in [2.75, 3.05) is 5.32 Å². The third-order valence-electron chi connectivity index (χ3n) is 4.60. The van der Waals surface area contributed by atoms with Gasteiger partial charge in [0.15, 0.2) is 5.50 Å². The van der Waals surface area contributed by atoms with Crippen LogP contribution in [-0.4, -0.2) is 11.4 Å². The summed E-state index contributed by atoms with van der Waals surface area (Å²) in [6.45, 7) is 0.297. The average molecular weight is 431 g/mol. The zero-order valence-electron chi connectivity index (χ0n) is 16.3. The zero-order chi connectivity index (χ0) is 21.6. The average Bonchev–Trinajstić information content (AvgIpc) is 3.13. The molecule has 31 heavy (non-hydrogen) atoms. The van der Waals surface area contributed by atoms with Gasteiger partial charge in [-0.1, -0.05) is 54.2 Å². The van der Waals surface area contributed by atoms with Crippen LogP contribution in [0.15, 0.2) is 77.7 Å². The van der Waals surface area contributed by atoms with Crippen LogP contribution in [0.3, 0.4) is 0 Å². The summed E-state index contributed by atoms with van der Waals surface area (Å²) >= 11 is 1.29. The molecule has 2 N–H and O–H groups in total. The van der Waals surface area contributed by atoms with Crippen molar-refractivity contribution >= 4 is 29.4 Å². The van der Waals surface area contributed by atoms with Crippen molar-refractivity contribution in [3.63, 3.8) is 0 Å². The minimum absolute atomic E-state index is 0.215. The number of halogens is 1. The van der Waals surface area contributed by atoms with Gasteiger partial charge in [-0.25, -0.2) is 4.39 Å². The number of carbonyl (C=O) groups is 1. The first kappa shape index (κ1) is 20.5. The van der Waals surface area contributed by atoms with Gasteiger partial charge in [0, 0.05) is 5.56 Å². The largest absolute Gasteiger partial charge is 0.489 e.